The number of nitrogens with zero attached hydrogens (tertiary/aromatic N) is 2. The predicted octanol–water partition coefficient (Wildman–Crippen LogP) is 2.93. The third kappa shape index (κ3) is 2.31. The second kappa shape index (κ2) is 4.22. The van der Waals surface area contributed by atoms with E-state index in [2.05, 4.69) is 33.1 Å². The van der Waals surface area contributed by atoms with Crippen LogP contribution in [-0.2, 0) is 0 Å². The number of hydrogen-bond donors (Lipinski definition) is 0. The molecule has 1 rings (SSSR count). The summed E-state index contributed by atoms with van der Waals surface area (Å²) in [7, 11) is 0. The third-order valence-corrected chi connectivity index (χ3v) is 2.21. The van der Waals surface area contributed by atoms with Crippen LogP contribution in [0.25, 0.3) is 0 Å². The molecule has 0 spiro atoms. The van der Waals surface area contributed by atoms with Crippen molar-refractivity contribution in [3.05, 3.63) is 21.8 Å². The van der Waals surface area contributed by atoms with Gasteiger partial charge in [0.05, 0.1) is 0 Å². The zero-order valence-corrected chi connectivity index (χ0v) is 8.43. The molecule has 2 nitrogen and oxygen atoms in total. The van der Waals surface area contributed by atoms with Gasteiger partial charge in [-0.15, -0.1) is 0 Å². The van der Waals surface area contributed by atoms with Crippen molar-refractivity contribution in [1.29, 1.82) is 5.26 Å². The third-order valence-electron chi connectivity index (χ3n) is 1.69. The molecular formula is C9H9BrN2. The van der Waals surface area contributed by atoms with E-state index in [4.69, 9.17) is 5.26 Å². The van der Waals surface area contributed by atoms with Gasteiger partial charge >= 0.3 is 0 Å². The van der Waals surface area contributed by atoms with Crippen LogP contribution in [0.2, 0.25) is 0 Å². The Bertz CT molecular complexity index is 305. The molecule has 0 aromatic heterocycles. The van der Waals surface area contributed by atoms with Crippen LogP contribution in [0.5, 0.6) is 0 Å². The summed E-state index contributed by atoms with van der Waals surface area (Å²) in [5.41, 5.74) is 1.60. The maximum absolute atomic E-state index is 8.71. The fourth-order valence-corrected chi connectivity index (χ4v) is 1.29. The Morgan fingerprint density at radius 3 is 3.08 bits per heavy atom. The Labute approximate surface area is 80.4 Å². The van der Waals surface area contributed by atoms with E-state index in [0.29, 0.717) is 5.70 Å². The molecule has 1 heterocycles. The standard InChI is InChI=1S/C9H9BrN2/c1-7-3-2-4-8(10)6-12-9(7)5-11/h4,6H,2-3H2,1H3/b8-4+,9-7+,12-6-. The average Bonchev–Trinajstić information content (AvgIpc) is 2.03. The van der Waals surface area contributed by atoms with Crippen molar-refractivity contribution in [1.82, 2.24) is 0 Å². The monoisotopic (exact) mass is 224 g/mol. The number of rotatable bonds is 0. The van der Waals surface area contributed by atoms with E-state index in [1.807, 2.05) is 6.92 Å². The van der Waals surface area contributed by atoms with E-state index < -0.39 is 0 Å². The molecule has 1 aliphatic heterocycles. The first-order valence-corrected chi connectivity index (χ1v) is 4.53. The molecule has 62 valence electrons. The molecule has 0 aromatic rings. The zero-order valence-electron chi connectivity index (χ0n) is 6.84. The normalized spacial score (nSPS) is 30.9. The molecule has 0 aromatic carbocycles. The summed E-state index contributed by atoms with van der Waals surface area (Å²) in [6, 6.07) is 2.08. The molecule has 3 heteroatoms. The van der Waals surface area contributed by atoms with Crippen molar-refractivity contribution in [3.63, 3.8) is 0 Å². The molecule has 0 bridgehead atoms. The van der Waals surface area contributed by atoms with Crippen molar-refractivity contribution in [2.45, 2.75) is 19.8 Å². The van der Waals surface area contributed by atoms with E-state index in [-0.39, 0.29) is 0 Å². The molecule has 0 atom stereocenters. The van der Waals surface area contributed by atoms with Crippen molar-refractivity contribution >= 4 is 22.1 Å². The van der Waals surface area contributed by atoms with Crippen molar-refractivity contribution < 1.29 is 0 Å². The highest BCUT2D eigenvalue weighted by Gasteiger charge is 2.01. The summed E-state index contributed by atoms with van der Waals surface area (Å²) >= 11 is 3.33. The molecule has 0 amide bonds. The van der Waals surface area contributed by atoms with Crippen LogP contribution < -0.4 is 0 Å². The SMILES string of the molecule is C\C1=C(C#N)/N=C\C(Br)=C/CC1. The minimum absolute atomic E-state index is 0.542. The molecule has 1 aliphatic rings. The van der Waals surface area contributed by atoms with Crippen LogP contribution >= 0.6 is 15.9 Å². The average molecular weight is 225 g/mol. The fourth-order valence-electron chi connectivity index (χ4n) is 0.958. The van der Waals surface area contributed by atoms with Gasteiger partial charge in [0, 0.05) is 10.7 Å². The van der Waals surface area contributed by atoms with Crippen LogP contribution in [0.15, 0.2) is 26.8 Å². The molecule has 0 saturated carbocycles. The van der Waals surface area contributed by atoms with Gasteiger partial charge in [-0.05, 0) is 41.3 Å². The molecule has 12 heavy (non-hydrogen) atoms. The van der Waals surface area contributed by atoms with Gasteiger partial charge in [-0.25, -0.2) is 4.99 Å². The highest BCUT2D eigenvalue weighted by Crippen LogP contribution is 2.16. The fraction of sp³-hybridized carbons (Fsp3) is 0.333. The van der Waals surface area contributed by atoms with E-state index >= 15 is 0 Å². The largest absolute Gasteiger partial charge is 0.244 e. The van der Waals surface area contributed by atoms with Crippen LogP contribution in [0.4, 0.5) is 0 Å². The quantitative estimate of drug-likeness (QED) is 0.624. The summed E-state index contributed by atoms with van der Waals surface area (Å²) in [5, 5.41) is 8.71. The first-order chi connectivity index (χ1) is 5.74. The summed E-state index contributed by atoms with van der Waals surface area (Å²) in [6.45, 7) is 1.95. The van der Waals surface area contributed by atoms with Gasteiger partial charge in [0.1, 0.15) is 11.8 Å². The van der Waals surface area contributed by atoms with Gasteiger partial charge in [0.2, 0.25) is 0 Å². The first kappa shape index (κ1) is 9.21. The summed E-state index contributed by atoms with van der Waals surface area (Å²) in [5.74, 6) is 0. The topological polar surface area (TPSA) is 36.1 Å². The van der Waals surface area contributed by atoms with E-state index in [1.54, 1.807) is 6.21 Å². The number of allylic oxidation sites excluding steroid dienone is 4. The summed E-state index contributed by atoms with van der Waals surface area (Å²) < 4.78 is 0.947. The number of halogens is 1. The smallest absolute Gasteiger partial charge is 0.139 e. The lowest BCUT2D eigenvalue weighted by molar-refractivity contribution is 0.956. The molecular weight excluding hydrogens is 216 g/mol. The Kier molecular flexibility index (Phi) is 3.24. The zero-order chi connectivity index (χ0) is 8.97. The van der Waals surface area contributed by atoms with Crippen LogP contribution in [0.1, 0.15) is 19.8 Å². The van der Waals surface area contributed by atoms with E-state index in [9.17, 15) is 0 Å². The molecule has 0 saturated heterocycles. The lowest BCUT2D eigenvalue weighted by Gasteiger charge is -2.02. The van der Waals surface area contributed by atoms with Gasteiger partial charge in [0.25, 0.3) is 0 Å². The molecule has 0 aliphatic carbocycles. The Morgan fingerprint density at radius 1 is 1.67 bits per heavy atom. The highest BCUT2D eigenvalue weighted by molar-refractivity contribution is 9.12. The number of nitriles is 1. The minimum Gasteiger partial charge on any atom is -0.244 e. The molecule has 0 N–H and O–H groups in total. The Balaban J connectivity index is 2.97. The van der Waals surface area contributed by atoms with E-state index in [0.717, 1.165) is 22.9 Å². The van der Waals surface area contributed by atoms with Crippen LogP contribution in [0.3, 0.4) is 0 Å². The van der Waals surface area contributed by atoms with Crippen LogP contribution in [0, 0.1) is 11.3 Å². The van der Waals surface area contributed by atoms with Gasteiger partial charge in [0.15, 0.2) is 0 Å². The van der Waals surface area contributed by atoms with Crippen molar-refractivity contribution in [2.75, 3.05) is 0 Å². The first-order valence-electron chi connectivity index (χ1n) is 3.73. The van der Waals surface area contributed by atoms with Gasteiger partial charge in [-0.3, -0.25) is 0 Å². The van der Waals surface area contributed by atoms with Crippen LogP contribution in [-0.4, -0.2) is 6.21 Å². The lowest BCUT2D eigenvalue weighted by atomic mass is 10.1. The highest BCUT2D eigenvalue weighted by atomic mass is 79.9. The molecule has 0 fully saturated rings. The van der Waals surface area contributed by atoms with E-state index in [1.165, 1.54) is 0 Å². The molecule has 0 radical (unpaired) electrons. The van der Waals surface area contributed by atoms with Gasteiger partial charge in [-0.2, -0.15) is 5.26 Å². The maximum atomic E-state index is 8.71. The van der Waals surface area contributed by atoms with Crippen molar-refractivity contribution in [3.8, 4) is 6.07 Å². The van der Waals surface area contributed by atoms with Gasteiger partial charge < -0.3 is 0 Å². The summed E-state index contributed by atoms with van der Waals surface area (Å²) in [4.78, 5) is 4.04. The predicted molar refractivity (Wildman–Crippen MR) is 53.0 cm³/mol. The summed E-state index contributed by atoms with van der Waals surface area (Å²) in [6.07, 6.45) is 5.60. The number of hydrogen-bond acceptors (Lipinski definition) is 2. The van der Waals surface area contributed by atoms with Gasteiger partial charge in [-0.1, -0.05) is 6.08 Å². The second-order valence-electron chi connectivity index (χ2n) is 2.63. The number of aliphatic imine (C=N–C) groups is 1. The molecule has 0 unspecified atom stereocenters. The lowest BCUT2D eigenvalue weighted by Crippen LogP contribution is -1.88. The second-order valence-corrected chi connectivity index (χ2v) is 3.54. The Morgan fingerprint density at radius 2 is 2.42 bits per heavy atom. The maximum Gasteiger partial charge on any atom is 0.139 e. The minimum atomic E-state index is 0.542. The Hall–Kier alpha value is -0.880. The van der Waals surface area contributed by atoms with Crippen molar-refractivity contribution in [2.24, 2.45) is 4.99 Å².